The molecule has 0 saturated carbocycles. The normalized spacial score (nSPS) is 18.2. The van der Waals surface area contributed by atoms with Crippen molar-refractivity contribution in [3.63, 3.8) is 0 Å². The molecule has 1 rings (SSSR count). The number of hydrogen-bond acceptors (Lipinski definition) is 4. The maximum absolute atomic E-state index is 12.1. The number of carbonyl (C=O) groups is 1. The first-order valence-corrected chi connectivity index (χ1v) is 9.42. The second-order valence-electron chi connectivity index (χ2n) is 5.64. The van der Waals surface area contributed by atoms with Gasteiger partial charge in [-0.1, -0.05) is 13.8 Å². The highest BCUT2D eigenvalue weighted by atomic mass is 32.2. The Morgan fingerprint density at radius 3 is 2.29 bits per heavy atom. The highest BCUT2D eigenvalue weighted by molar-refractivity contribution is 7.89. The van der Waals surface area contributed by atoms with Crippen molar-refractivity contribution in [2.45, 2.75) is 39.5 Å². The van der Waals surface area contributed by atoms with Crippen molar-refractivity contribution in [2.24, 2.45) is 5.92 Å². The third-order valence-corrected chi connectivity index (χ3v) is 6.13. The molecule has 0 unspecified atom stereocenters. The van der Waals surface area contributed by atoms with Gasteiger partial charge in [-0.25, -0.2) is 12.7 Å². The quantitative estimate of drug-likeness (QED) is 0.691. The van der Waals surface area contributed by atoms with Crippen LogP contribution in [0.4, 0.5) is 0 Å². The second-order valence-corrected chi connectivity index (χ2v) is 7.73. The van der Waals surface area contributed by atoms with Crippen molar-refractivity contribution < 1.29 is 18.3 Å². The number of piperidine rings is 1. The highest BCUT2D eigenvalue weighted by Gasteiger charge is 2.28. The lowest BCUT2D eigenvalue weighted by Crippen LogP contribution is -2.42. The zero-order valence-corrected chi connectivity index (χ0v) is 13.9. The van der Waals surface area contributed by atoms with Crippen molar-refractivity contribution in [1.82, 2.24) is 9.21 Å². The first kappa shape index (κ1) is 18.4. The van der Waals surface area contributed by atoms with Crippen LogP contribution in [0.3, 0.4) is 0 Å². The van der Waals surface area contributed by atoms with Crippen molar-refractivity contribution in [2.75, 3.05) is 38.5 Å². The summed E-state index contributed by atoms with van der Waals surface area (Å²) in [6, 6.07) is 0. The van der Waals surface area contributed by atoms with Gasteiger partial charge in [-0.2, -0.15) is 0 Å². The molecule has 0 spiro atoms. The number of aliphatic carboxylic acids is 1. The molecule has 1 heterocycles. The third-order valence-electron chi connectivity index (χ3n) is 4.17. The van der Waals surface area contributed by atoms with Crippen LogP contribution in [0.2, 0.25) is 0 Å². The van der Waals surface area contributed by atoms with E-state index >= 15 is 0 Å². The Kier molecular flexibility index (Phi) is 7.62. The summed E-state index contributed by atoms with van der Waals surface area (Å²) in [5, 5.41) is 8.57. The minimum Gasteiger partial charge on any atom is -0.481 e. The van der Waals surface area contributed by atoms with Gasteiger partial charge in [0.15, 0.2) is 0 Å². The van der Waals surface area contributed by atoms with Crippen LogP contribution in [0.5, 0.6) is 0 Å². The van der Waals surface area contributed by atoms with E-state index in [0.717, 1.165) is 32.5 Å². The summed E-state index contributed by atoms with van der Waals surface area (Å²) in [6.07, 6.45) is 1.90. The van der Waals surface area contributed by atoms with Gasteiger partial charge < -0.3 is 10.0 Å². The second kappa shape index (κ2) is 8.70. The molecule has 21 heavy (non-hydrogen) atoms. The van der Waals surface area contributed by atoms with E-state index in [1.165, 1.54) is 4.31 Å². The number of sulfonamides is 1. The molecule has 0 radical (unpaired) electrons. The number of carboxylic acids is 1. The summed E-state index contributed by atoms with van der Waals surface area (Å²) in [4.78, 5) is 12.8. The zero-order valence-electron chi connectivity index (χ0n) is 13.1. The molecule has 7 heteroatoms. The van der Waals surface area contributed by atoms with E-state index < -0.39 is 16.0 Å². The van der Waals surface area contributed by atoms with Crippen LogP contribution < -0.4 is 0 Å². The number of hydrogen-bond donors (Lipinski definition) is 1. The molecule has 1 fully saturated rings. The molecule has 0 bridgehead atoms. The lowest BCUT2D eigenvalue weighted by Gasteiger charge is -2.33. The van der Waals surface area contributed by atoms with E-state index in [1.807, 2.05) is 0 Å². The number of carboxylic acid groups (broad SMARTS) is 1. The maximum Gasteiger partial charge on any atom is 0.303 e. The smallest absolute Gasteiger partial charge is 0.303 e. The van der Waals surface area contributed by atoms with E-state index in [4.69, 9.17) is 5.11 Å². The van der Waals surface area contributed by atoms with Gasteiger partial charge in [0.2, 0.25) is 10.0 Å². The predicted molar refractivity (Wildman–Crippen MR) is 82.7 cm³/mol. The fraction of sp³-hybridized carbons (Fsp3) is 0.929. The summed E-state index contributed by atoms with van der Waals surface area (Å²) >= 11 is 0. The summed E-state index contributed by atoms with van der Waals surface area (Å²) in [5.41, 5.74) is 0. The van der Waals surface area contributed by atoms with Gasteiger partial charge in [-0.05, 0) is 38.3 Å². The molecule has 124 valence electrons. The largest absolute Gasteiger partial charge is 0.481 e. The van der Waals surface area contributed by atoms with Crippen molar-refractivity contribution in [3.05, 3.63) is 0 Å². The van der Waals surface area contributed by atoms with Crippen molar-refractivity contribution in [1.29, 1.82) is 0 Å². The average molecular weight is 320 g/mol. The van der Waals surface area contributed by atoms with Crippen LogP contribution in [0, 0.1) is 5.92 Å². The summed E-state index contributed by atoms with van der Waals surface area (Å²) in [5.74, 6) is -0.432. The van der Waals surface area contributed by atoms with Crippen molar-refractivity contribution >= 4 is 16.0 Å². The lowest BCUT2D eigenvalue weighted by molar-refractivity contribution is -0.137. The van der Waals surface area contributed by atoms with Gasteiger partial charge in [-0.15, -0.1) is 0 Å². The molecule has 0 atom stereocenters. The van der Waals surface area contributed by atoms with Crippen LogP contribution in [0.25, 0.3) is 0 Å². The first-order chi connectivity index (χ1) is 9.89. The van der Waals surface area contributed by atoms with Gasteiger partial charge in [0.1, 0.15) is 0 Å². The van der Waals surface area contributed by atoms with Crippen LogP contribution >= 0.6 is 0 Å². The number of nitrogens with zero attached hydrogens (tertiary/aromatic N) is 2. The summed E-state index contributed by atoms with van der Waals surface area (Å²) in [6.45, 7) is 8.54. The van der Waals surface area contributed by atoms with Gasteiger partial charge >= 0.3 is 5.97 Å². The predicted octanol–water partition coefficient (Wildman–Crippen LogP) is 1.23. The maximum atomic E-state index is 12.1. The fourth-order valence-electron chi connectivity index (χ4n) is 2.75. The summed E-state index contributed by atoms with van der Waals surface area (Å²) in [7, 11) is -3.29. The van der Waals surface area contributed by atoms with Crippen molar-refractivity contribution in [3.8, 4) is 0 Å². The Morgan fingerprint density at radius 2 is 1.81 bits per heavy atom. The Balaban J connectivity index is 2.39. The number of rotatable bonds is 9. The van der Waals surface area contributed by atoms with E-state index in [-0.39, 0.29) is 18.6 Å². The molecule has 1 N–H and O–H groups in total. The third kappa shape index (κ3) is 6.32. The zero-order chi connectivity index (χ0) is 15.9. The monoisotopic (exact) mass is 320 g/mol. The minimum absolute atomic E-state index is 0.0555. The van der Waals surface area contributed by atoms with Gasteiger partial charge in [0, 0.05) is 26.1 Å². The van der Waals surface area contributed by atoms with Crippen LogP contribution in [-0.2, 0) is 14.8 Å². The fourth-order valence-corrected chi connectivity index (χ4v) is 4.29. The SMILES string of the molecule is CCN(CC)CC1CCN(S(=O)(=O)CCCC(=O)O)CC1. The molecule has 0 aromatic heterocycles. The van der Waals surface area contributed by atoms with Gasteiger partial charge in [0.25, 0.3) is 0 Å². The van der Waals surface area contributed by atoms with E-state index in [1.54, 1.807) is 0 Å². The molecule has 0 amide bonds. The van der Waals surface area contributed by atoms with Crippen LogP contribution in [-0.4, -0.2) is 67.2 Å². The Morgan fingerprint density at radius 1 is 1.24 bits per heavy atom. The molecule has 0 aliphatic carbocycles. The Labute approximate surface area is 128 Å². The molecular weight excluding hydrogens is 292 g/mol. The molecule has 1 saturated heterocycles. The van der Waals surface area contributed by atoms with Crippen LogP contribution in [0.15, 0.2) is 0 Å². The molecule has 0 aromatic carbocycles. The van der Waals surface area contributed by atoms with E-state index in [0.29, 0.717) is 19.0 Å². The molecule has 6 nitrogen and oxygen atoms in total. The standard InChI is InChI=1S/C14H28N2O4S/c1-3-15(4-2)12-13-7-9-16(10-8-13)21(19,20)11-5-6-14(17)18/h13H,3-12H2,1-2H3,(H,17,18). The molecule has 1 aliphatic rings. The van der Waals surface area contributed by atoms with Gasteiger partial charge in [0.05, 0.1) is 5.75 Å². The topological polar surface area (TPSA) is 77.9 Å². The molecule has 0 aromatic rings. The lowest BCUT2D eigenvalue weighted by atomic mass is 9.97. The minimum atomic E-state index is -3.29. The Bertz CT molecular complexity index is 413. The Hall–Kier alpha value is -0.660. The van der Waals surface area contributed by atoms with E-state index in [2.05, 4.69) is 18.7 Å². The van der Waals surface area contributed by atoms with Gasteiger partial charge in [-0.3, -0.25) is 4.79 Å². The first-order valence-electron chi connectivity index (χ1n) is 7.81. The van der Waals surface area contributed by atoms with E-state index in [9.17, 15) is 13.2 Å². The van der Waals surface area contributed by atoms with Crippen LogP contribution in [0.1, 0.15) is 39.5 Å². The molecule has 1 aliphatic heterocycles. The highest BCUT2D eigenvalue weighted by Crippen LogP contribution is 2.21. The average Bonchev–Trinajstić information content (AvgIpc) is 2.44. The summed E-state index contributed by atoms with van der Waals surface area (Å²) < 4.78 is 25.8. The molecular formula is C14H28N2O4S.